The van der Waals surface area contributed by atoms with Crippen LogP contribution in [-0.4, -0.2) is 29.1 Å². The standard InChI is InChI=1S/C20H24N4O2S/c1-4-8-22-11-13-7-6-12(3)14(9-13)17-15-10-16(19(25)26-5-2)27-18(15)24-20(21)23-17/h6-7,9-10,22H,4-5,8,11H2,1-3H3,(H2,21,23,24). The van der Waals surface area contributed by atoms with Crippen LogP contribution in [0, 0.1) is 6.92 Å². The quantitative estimate of drug-likeness (QED) is 0.474. The second-order valence-corrected chi connectivity index (χ2v) is 7.34. The van der Waals surface area contributed by atoms with E-state index in [0.29, 0.717) is 16.3 Å². The summed E-state index contributed by atoms with van der Waals surface area (Å²) in [4.78, 5) is 22.1. The van der Waals surface area contributed by atoms with E-state index in [1.165, 1.54) is 16.9 Å². The lowest BCUT2D eigenvalue weighted by Gasteiger charge is -2.11. The van der Waals surface area contributed by atoms with Crippen molar-refractivity contribution in [3.05, 3.63) is 40.3 Å². The molecule has 2 aromatic heterocycles. The van der Waals surface area contributed by atoms with E-state index < -0.39 is 0 Å². The van der Waals surface area contributed by atoms with Gasteiger partial charge < -0.3 is 15.8 Å². The topological polar surface area (TPSA) is 90.1 Å². The average molecular weight is 385 g/mol. The minimum Gasteiger partial charge on any atom is -0.462 e. The van der Waals surface area contributed by atoms with Gasteiger partial charge in [-0.25, -0.2) is 14.8 Å². The monoisotopic (exact) mass is 384 g/mol. The molecule has 0 aliphatic heterocycles. The van der Waals surface area contributed by atoms with E-state index in [9.17, 15) is 4.79 Å². The number of nitrogens with one attached hydrogen (secondary N) is 1. The van der Waals surface area contributed by atoms with Gasteiger partial charge in [-0.1, -0.05) is 19.1 Å². The molecular formula is C20H24N4O2S. The lowest BCUT2D eigenvalue weighted by atomic mass is 10.00. The largest absolute Gasteiger partial charge is 0.462 e. The van der Waals surface area contributed by atoms with Gasteiger partial charge in [0.05, 0.1) is 12.3 Å². The Morgan fingerprint density at radius 3 is 2.81 bits per heavy atom. The first-order valence-electron chi connectivity index (χ1n) is 9.08. The van der Waals surface area contributed by atoms with Crippen molar-refractivity contribution in [2.24, 2.45) is 0 Å². The van der Waals surface area contributed by atoms with Crippen molar-refractivity contribution in [3.8, 4) is 11.3 Å². The Balaban J connectivity index is 2.07. The van der Waals surface area contributed by atoms with E-state index in [-0.39, 0.29) is 11.9 Å². The molecule has 6 nitrogen and oxygen atoms in total. The highest BCUT2D eigenvalue weighted by Gasteiger charge is 2.18. The predicted molar refractivity (Wildman–Crippen MR) is 110 cm³/mol. The molecule has 27 heavy (non-hydrogen) atoms. The van der Waals surface area contributed by atoms with Crippen LogP contribution in [0.15, 0.2) is 24.3 Å². The number of thiophene rings is 1. The van der Waals surface area contributed by atoms with Crippen molar-refractivity contribution in [1.29, 1.82) is 0 Å². The maximum atomic E-state index is 12.1. The van der Waals surface area contributed by atoms with Gasteiger partial charge >= 0.3 is 5.97 Å². The predicted octanol–water partition coefficient (Wildman–Crippen LogP) is 3.93. The van der Waals surface area contributed by atoms with Crippen LogP contribution < -0.4 is 11.1 Å². The molecule has 0 fully saturated rings. The van der Waals surface area contributed by atoms with E-state index in [2.05, 4.69) is 40.4 Å². The third kappa shape index (κ3) is 4.26. The first kappa shape index (κ1) is 19.3. The Bertz CT molecular complexity index is 968. The number of nitrogens with two attached hydrogens (primary N) is 1. The van der Waals surface area contributed by atoms with E-state index >= 15 is 0 Å². The molecule has 0 aliphatic rings. The number of anilines is 1. The molecule has 7 heteroatoms. The highest BCUT2D eigenvalue weighted by Crippen LogP contribution is 2.34. The molecule has 0 saturated heterocycles. The molecule has 0 saturated carbocycles. The molecule has 3 aromatic rings. The lowest BCUT2D eigenvalue weighted by molar-refractivity contribution is 0.0532. The molecule has 142 valence electrons. The molecule has 0 amide bonds. The van der Waals surface area contributed by atoms with E-state index in [0.717, 1.165) is 41.7 Å². The number of hydrogen-bond acceptors (Lipinski definition) is 7. The number of rotatable bonds is 7. The van der Waals surface area contributed by atoms with Crippen LogP contribution in [0.2, 0.25) is 0 Å². The Kier molecular flexibility index (Phi) is 6.03. The first-order chi connectivity index (χ1) is 13.0. The van der Waals surface area contributed by atoms with Crippen LogP contribution >= 0.6 is 11.3 Å². The Morgan fingerprint density at radius 1 is 1.26 bits per heavy atom. The fraction of sp³-hybridized carbons (Fsp3) is 0.350. The van der Waals surface area contributed by atoms with Gasteiger partial charge in [0.15, 0.2) is 0 Å². The smallest absolute Gasteiger partial charge is 0.348 e. The summed E-state index contributed by atoms with van der Waals surface area (Å²) in [5.41, 5.74) is 9.97. The number of aryl methyl sites for hydroxylation is 1. The van der Waals surface area contributed by atoms with E-state index in [1.54, 1.807) is 13.0 Å². The van der Waals surface area contributed by atoms with Gasteiger partial charge in [-0.3, -0.25) is 0 Å². The van der Waals surface area contributed by atoms with Crippen LogP contribution in [0.3, 0.4) is 0 Å². The second-order valence-electron chi connectivity index (χ2n) is 6.31. The maximum Gasteiger partial charge on any atom is 0.348 e. The Hall–Kier alpha value is -2.51. The fourth-order valence-electron chi connectivity index (χ4n) is 2.89. The van der Waals surface area contributed by atoms with Crippen molar-refractivity contribution in [2.75, 3.05) is 18.9 Å². The second kappa shape index (κ2) is 8.45. The molecular weight excluding hydrogens is 360 g/mol. The summed E-state index contributed by atoms with van der Waals surface area (Å²) in [6.07, 6.45) is 1.09. The summed E-state index contributed by atoms with van der Waals surface area (Å²) in [5, 5.41) is 4.23. The summed E-state index contributed by atoms with van der Waals surface area (Å²) in [6, 6.07) is 8.12. The molecule has 1 aromatic carbocycles. The van der Waals surface area contributed by atoms with Crippen LogP contribution in [0.5, 0.6) is 0 Å². The maximum absolute atomic E-state index is 12.1. The molecule has 0 unspecified atom stereocenters. The van der Waals surface area contributed by atoms with Crippen molar-refractivity contribution in [2.45, 2.75) is 33.7 Å². The third-order valence-corrected chi connectivity index (χ3v) is 5.21. The zero-order valence-corrected chi connectivity index (χ0v) is 16.7. The highest BCUT2D eigenvalue weighted by atomic mass is 32.1. The number of fused-ring (bicyclic) bond motifs is 1. The number of carbonyl (C=O) groups is 1. The SMILES string of the molecule is CCCNCc1ccc(C)c(-c2nc(N)nc3sc(C(=O)OCC)cc23)c1. The van der Waals surface area contributed by atoms with Crippen LogP contribution in [-0.2, 0) is 11.3 Å². The van der Waals surface area contributed by atoms with Crippen LogP contribution in [0.1, 0.15) is 41.1 Å². The van der Waals surface area contributed by atoms with Gasteiger partial charge in [0.2, 0.25) is 5.95 Å². The minimum absolute atomic E-state index is 0.198. The third-order valence-electron chi connectivity index (χ3n) is 4.20. The highest BCUT2D eigenvalue weighted by molar-refractivity contribution is 7.20. The normalized spacial score (nSPS) is 11.1. The van der Waals surface area contributed by atoms with Gasteiger partial charge in [0, 0.05) is 17.5 Å². The number of nitrogens with zero attached hydrogens (tertiary/aromatic N) is 2. The van der Waals surface area contributed by atoms with Gasteiger partial charge in [-0.15, -0.1) is 11.3 Å². The van der Waals surface area contributed by atoms with Gasteiger partial charge in [0.1, 0.15) is 9.71 Å². The summed E-state index contributed by atoms with van der Waals surface area (Å²) < 4.78 is 5.11. The molecule has 0 aliphatic carbocycles. The Labute approximate surface area is 162 Å². The molecule has 0 spiro atoms. The number of esters is 1. The zero-order valence-electron chi connectivity index (χ0n) is 15.8. The summed E-state index contributed by atoms with van der Waals surface area (Å²) in [6.45, 7) is 8.08. The number of benzene rings is 1. The van der Waals surface area contributed by atoms with Crippen molar-refractivity contribution < 1.29 is 9.53 Å². The molecule has 3 N–H and O–H groups in total. The molecule has 0 radical (unpaired) electrons. The fourth-order valence-corrected chi connectivity index (χ4v) is 3.82. The zero-order chi connectivity index (χ0) is 19.4. The molecule has 0 bridgehead atoms. The molecule has 2 heterocycles. The summed E-state index contributed by atoms with van der Waals surface area (Å²) >= 11 is 1.28. The molecule has 0 atom stereocenters. The van der Waals surface area contributed by atoms with Crippen molar-refractivity contribution in [1.82, 2.24) is 15.3 Å². The van der Waals surface area contributed by atoms with Gasteiger partial charge in [-0.05, 0) is 50.1 Å². The minimum atomic E-state index is -0.348. The molecule has 3 rings (SSSR count). The van der Waals surface area contributed by atoms with Crippen LogP contribution in [0.25, 0.3) is 21.5 Å². The first-order valence-corrected chi connectivity index (χ1v) is 9.90. The Morgan fingerprint density at radius 2 is 2.07 bits per heavy atom. The lowest BCUT2D eigenvalue weighted by Crippen LogP contribution is -2.13. The van der Waals surface area contributed by atoms with E-state index in [1.807, 2.05) is 6.92 Å². The van der Waals surface area contributed by atoms with Crippen LogP contribution in [0.4, 0.5) is 5.95 Å². The van der Waals surface area contributed by atoms with Gasteiger partial charge in [-0.2, -0.15) is 0 Å². The number of ether oxygens (including phenoxy) is 1. The van der Waals surface area contributed by atoms with Gasteiger partial charge in [0.25, 0.3) is 0 Å². The summed E-state index contributed by atoms with van der Waals surface area (Å²) in [7, 11) is 0. The number of carbonyl (C=O) groups excluding carboxylic acids is 1. The summed E-state index contributed by atoms with van der Waals surface area (Å²) in [5.74, 6) is -0.150. The van der Waals surface area contributed by atoms with Crippen molar-refractivity contribution in [3.63, 3.8) is 0 Å². The van der Waals surface area contributed by atoms with E-state index in [4.69, 9.17) is 10.5 Å². The number of nitrogen functional groups attached to an aromatic ring is 1. The average Bonchev–Trinajstić information content (AvgIpc) is 3.07. The number of hydrogen-bond donors (Lipinski definition) is 2. The number of aromatic nitrogens is 2. The van der Waals surface area contributed by atoms with Crippen molar-refractivity contribution >= 4 is 33.5 Å².